The third-order valence-electron chi connectivity index (χ3n) is 3.53. The molecule has 3 aromatic rings. The lowest BCUT2D eigenvalue weighted by atomic mass is 10.1. The van der Waals surface area contributed by atoms with Crippen molar-refractivity contribution in [1.29, 1.82) is 0 Å². The van der Waals surface area contributed by atoms with Gasteiger partial charge in [-0.05, 0) is 36.9 Å². The van der Waals surface area contributed by atoms with Gasteiger partial charge in [0.15, 0.2) is 0 Å². The summed E-state index contributed by atoms with van der Waals surface area (Å²) in [6, 6.07) is 7.52. The van der Waals surface area contributed by atoms with Crippen LogP contribution in [0.1, 0.15) is 21.5 Å². The lowest BCUT2D eigenvalue weighted by molar-refractivity contribution is -0.113. The number of nitrogens with zero attached hydrogens (tertiary/aromatic N) is 2. The Morgan fingerprint density at radius 1 is 1.27 bits per heavy atom. The van der Waals surface area contributed by atoms with Crippen LogP contribution in [0.15, 0.2) is 39.3 Å². The van der Waals surface area contributed by atoms with Crippen LogP contribution in [0.5, 0.6) is 0 Å². The number of aryl methyl sites for hydroxylation is 2. The van der Waals surface area contributed by atoms with Crippen molar-refractivity contribution in [2.45, 2.75) is 19.1 Å². The minimum absolute atomic E-state index is 0.0740. The van der Waals surface area contributed by atoms with Crippen LogP contribution in [-0.4, -0.2) is 27.8 Å². The number of hydrogen-bond donors (Lipinski definition) is 2. The van der Waals surface area contributed by atoms with Crippen molar-refractivity contribution < 1.29 is 14.0 Å². The summed E-state index contributed by atoms with van der Waals surface area (Å²) in [6.07, 6.45) is 0. The van der Waals surface area contributed by atoms with Gasteiger partial charge in [-0.1, -0.05) is 29.5 Å². The van der Waals surface area contributed by atoms with E-state index in [9.17, 15) is 9.59 Å². The number of carbonyl (C=O) groups excluding carboxylic acids is 2. The van der Waals surface area contributed by atoms with Gasteiger partial charge in [0, 0.05) is 5.56 Å². The van der Waals surface area contributed by atoms with E-state index >= 15 is 0 Å². The summed E-state index contributed by atoms with van der Waals surface area (Å²) in [5.74, 6) is -0.375. The first-order valence-corrected chi connectivity index (χ1v) is 9.51. The van der Waals surface area contributed by atoms with Crippen LogP contribution in [0.25, 0.3) is 11.5 Å². The van der Waals surface area contributed by atoms with Crippen LogP contribution in [0.3, 0.4) is 0 Å². The molecule has 2 heterocycles. The van der Waals surface area contributed by atoms with Gasteiger partial charge in [0.1, 0.15) is 5.00 Å². The normalized spacial score (nSPS) is 10.7. The molecule has 0 atom stereocenters. The highest BCUT2D eigenvalue weighted by Crippen LogP contribution is 2.27. The number of thiophene rings is 1. The quantitative estimate of drug-likeness (QED) is 0.627. The predicted molar refractivity (Wildman–Crippen MR) is 101 cm³/mol. The predicted octanol–water partition coefficient (Wildman–Crippen LogP) is 3.24. The number of nitrogens with two attached hydrogens (primary N) is 1. The Hall–Kier alpha value is -2.65. The third-order valence-corrected chi connectivity index (χ3v) is 5.18. The average molecular weight is 388 g/mol. The van der Waals surface area contributed by atoms with E-state index in [4.69, 9.17) is 10.2 Å². The maximum atomic E-state index is 12.1. The second-order valence-corrected chi connectivity index (χ2v) is 7.40. The number of carbonyl (C=O) groups is 2. The summed E-state index contributed by atoms with van der Waals surface area (Å²) in [7, 11) is 0. The Labute approximate surface area is 158 Å². The molecule has 1 aromatic carbocycles. The molecular formula is C17H16N4O3S2. The van der Waals surface area contributed by atoms with Gasteiger partial charge in [0.2, 0.25) is 11.8 Å². The largest absolute Gasteiger partial charge is 0.411 e. The molecule has 0 aliphatic heterocycles. The van der Waals surface area contributed by atoms with Crippen LogP contribution in [0.4, 0.5) is 5.00 Å². The summed E-state index contributed by atoms with van der Waals surface area (Å²) in [5, 5.41) is 13.1. The van der Waals surface area contributed by atoms with Gasteiger partial charge in [-0.2, -0.15) is 0 Å². The summed E-state index contributed by atoms with van der Waals surface area (Å²) in [4.78, 5) is 23.3. The molecular weight excluding hydrogens is 372 g/mol. The summed E-state index contributed by atoms with van der Waals surface area (Å²) >= 11 is 2.36. The summed E-state index contributed by atoms with van der Waals surface area (Å²) in [6.45, 7) is 3.99. The lowest BCUT2D eigenvalue weighted by Crippen LogP contribution is -2.17. The van der Waals surface area contributed by atoms with E-state index in [0.717, 1.165) is 28.5 Å². The molecule has 7 nitrogen and oxygen atoms in total. The molecule has 0 bridgehead atoms. The van der Waals surface area contributed by atoms with E-state index in [-0.39, 0.29) is 11.7 Å². The SMILES string of the molecule is Cc1ccc(-c2nnc(SCC(=O)Nc3sccc3C(N)=O)o2)c(C)c1. The highest BCUT2D eigenvalue weighted by Gasteiger charge is 2.15. The van der Waals surface area contributed by atoms with Gasteiger partial charge in [-0.15, -0.1) is 21.5 Å². The van der Waals surface area contributed by atoms with Crippen molar-refractivity contribution in [3.05, 3.63) is 46.3 Å². The third kappa shape index (κ3) is 4.12. The molecule has 0 aliphatic rings. The van der Waals surface area contributed by atoms with Crippen LogP contribution in [0, 0.1) is 13.8 Å². The first-order valence-electron chi connectivity index (χ1n) is 7.65. The fourth-order valence-electron chi connectivity index (χ4n) is 2.32. The number of rotatable bonds is 6. The van der Waals surface area contributed by atoms with Gasteiger partial charge in [0.25, 0.3) is 11.1 Å². The van der Waals surface area contributed by atoms with Crippen molar-refractivity contribution in [2.75, 3.05) is 11.1 Å². The number of amides is 2. The van der Waals surface area contributed by atoms with Crippen molar-refractivity contribution in [2.24, 2.45) is 5.73 Å². The molecule has 2 aromatic heterocycles. The zero-order valence-electron chi connectivity index (χ0n) is 14.1. The van der Waals surface area contributed by atoms with E-state index in [1.54, 1.807) is 11.4 Å². The van der Waals surface area contributed by atoms with Crippen LogP contribution in [0.2, 0.25) is 0 Å². The molecule has 0 spiro atoms. The number of thioether (sulfide) groups is 1. The van der Waals surface area contributed by atoms with E-state index in [2.05, 4.69) is 15.5 Å². The molecule has 9 heteroatoms. The van der Waals surface area contributed by atoms with Crippen molar-refractivity contribution in [3.63, 3.8) is 0 Å². The Balaban J connectivity index is 1.62. The monoisotopic (exact) mass is 388 g/mol. The van der Waals surface area contributed by atoms with Gasteiger partial charge in [-0.25, -0.2) is 0 Å². The molecule has 0 unspecified atom stereocenters. The fourth-order valence-corrected chi connectivity index (χ4v) is 3.69. The molecule has 2 amide bonds. The maximum Gasteiger partial charge on any atom is 0.277 e. The topological polar surface area (TPSA) is 111 Å². The molecule has 0 fully saturated rings. The number of aromatic nitrogens is 2. The molecule has 3 N–H and O–H groups in total. The number of nitrogens with one attached hydrogen (secondary N) is 1. The number of benzene rings is 1. The second kappa shape index (κ2) is 7.71. The van der Waals surface area contributed by atoms with Crippen LogP contribution in [-0.2, 0) is 4.79 Å². The fraction of sp³-hybridized carbons (Fsp3) is 0.176. The highest BCUT2D eigenvalue weighted by molar-refractivity contribution is 7.99. The first kappa shape index (κ1) is 18.2. The average Bonchev–Trinajstić information content (AvgIpc) is 3.22. The summed E-state index contributed by atoms with van der Waals surface area (Å²) in [5.41, 5.74) is 8.61. The van der Waals surface area contributed by atoms with Crippen molar-refractivity contribution in [1.82, 2.24) is 10.2 Å². The molecule has 26 heavy (non-hydrogen) atoms. The lowest BCUT2D eigenvalue weighted by Gasteiger charge is -2.03. The molecule has 0 radical (unpaired) electrons. The zero-order chi connectivity index (χ0) is 18.7. The number of primary amides is 1. The molecule has 0 saturated heterocycles. The standard InChI is InChI=1S/C17H16N4O3S2/c1-9-3-4-11(10(2)7-9)15-20-21-17(24-15)26-8-13(22)19-16-12(14(18)23)5-6-25-16/h3-7H,8H2,1-2H3,(H2,18,23)(H,19,22). The van der Waals surface area contributed by atoms with Gasteiger partial charge in [-0.3, -0.25) is 9.59 Å². The van der Waals surface area contributed by atoms with Crippen molar-refractivity contribution >= 4 is 39.9 Å². The minimum atomic E-state index is -0.579. The smallest absolute Gasteiger partial charge is 0.277 e. The second-order valence-electron chi connectivity index (χ2n) is 5.56. The van der Waals surface area contributed by atoms with Crippen LogP contribution >= 0.6 is 23.1 Å². The van der Waals surface area contributed by atoms with Gasteiger partial charge < -0.3 is 15.5 Å². The van der Waals surface area contributed by atoms with Crippen molar-refractivity contribution in [3.8, 4) is 11.5 Å². The van der Waals surface area contributed by atoms with E-state index in [1.165, 1.54) is 11.3 Å². The highest BCUT2D eigenvalue weighted by atomic mass is 32.2. The maximum absolute atomic E-state index is 12.1. The van der Waals surface area contributed by atoms with Crippen LogP contribution < -0.4 is 11.1 Å². The summed E-state index contributed by atoms with van der Waals surface area (Å²) < 4.78 is 5.63. The minimum Gasteiger partial charge on any atom is -0.411 e. The molecule has 0 saturated carbocycles. The Bertz CT molecular complexity index is 965. The molecule has 3 rings (SSSR count). The Morgan fingerprint density at radius 3 is 2.81 bits per heavy atom. The number of hydrogen-bond acceptors (Lipinski definition) is 7. The molecule has 0 aliphatic carbocycles. The Kier molecular flexibility index (Phi) is 5.38. The van der Waals surface area contributed by atoms with Gasteiger partial charge in [0.05, 0.1) is 11.3 Å². The zero-order valence-corrected chi connectivity index (χ0v) is 15.7. The molecule has 134 valence electrons. The number of anilines is 1. The van der Waals surface area contributed by atoms with E-state index in [0.29, 0.717) is 21.7 Å². The first-order chi connectivity index (χ1) is 12.4. The van der Waals surface area contributed by atoms with E-state index in [1.807, 2.05) is 32.0 Å². The van der Waals surface area contributed by atoms with Gasteiger partial charge >= 0.3 is 0 Å². The van der Waals surface area contributed by atoms with E-state index < -0.39 is 5.91 Å². The Morgan fingerprint density at radius 2 is 2.08 bits per heavy atom.